The normalized spacial score (nSPS) is 11.2. The molecule has 0 amide bonds. The summed E-state index contributed by atoms with van der Waals surface area (Å²) in [5, 5.41) is 3.37. The molecule has 0 spiro atoms. The first-order valence-corrected chi connectivity index (χ1v) is 7.28. The zero-order valence-electron chi connectivity index (χ0n) is 13.0. The van der Waals surface area contributed by atoms with E-state index in [-0.39, 0.29) is 0 Å². The van der Waals surface area contributed by atoms with E-state index < -0.39 is 0 Å². The first-order chi connectivity index (χ1) is 9.77. The second kappa shape index (κ2) is 10.7. The predicted octanol–water partition coefficient (Wildman–Crippen LogP) is 1.30. The van der Waals surface area contributed by atoms with Gasteiger partial charge in [-0.1, -0.05) is 0 Å². The lowest BCUT2D eigenvalue weighted by Gasteiger charge is -2.16. The molecule has 0 aliphatic carbocycles. The Morgan fingerprint density at radius 1 is 1.35 bits per heavy atom. The maximum Gasteiger partial charge on any atom is 0.202 e. The monoisotopic (exact) mass is 284 g/mol. The summed E-state index contributed by atoms with van der Waals surface area (Å²) >= 11 is 0. The second-order valence-corrected chi connectivity index (χ2v) is 4.72. The van der Waals surface area contributed by atoms with E-state index in [9.17, 15) is 0 Å². The molecule has 0 unspecified atom stereocenters. The summed E-state index contributed by atoms with van der Waals surface area (Å²) < 4.78 is 12.5. The lowest BCUT2D eigenvalue weighted by atomic mass is 10.4. The highest BCUT2D eigenvalue weighted by molar-refractivity contribution is 5.25. The highest BCUT2D eigenvalue weighted by atomic mass is 16.5. The van der Waals surface area contributed by atoms with Crippen LogP contribution in [0.2, 0.25) is 0 Å². The van der Waals surface area contributed by atoms with Crippen molar-refractivity contribution >= 4 is 5.95 Å². The van der Waals surface area contributed by atoms with E-state index in [4.69, 9.17) is 9.47 Å². The largest absolute Gasteiger partial charge is 0.383 e. The van der Waals surface area contributed by atoms with Crippen LogP contribution in [-0.4, -0.2) is 68.1 Å². The summed E-state index contributed by atoms with van der Waals surface area (Å²) in [7, 11) is 3.82. The highest BCUT2D eigenvalue weighted by Gasteiger charge is 2.03. The molecule has 0 fully saturated rings. The van der Waals surface area contributed by atoms with Crippen molar-refractivity contribution in [3.63, 3.8) is 0 Å². The van der Waals surface area contributed by atoms with Gasteiger partial charge in [-0.2, -0.15) is 0 Å². The number of aromatic nitrogens is 2. The van der Waals surface area contributed by atoms with Gasteiger partial charge in [-0.25, -0.2) is 4.98 Å². The molecule has 1 heterocycles. The number of likely N-dealkylation sites (N-methyl/N-ethyl adjacent to an activating group) is 1. The smallest absolute Gasteiger partial charge is 0.202 e. The van der Waals surface area contributed by atoms with Gasteiger partial charge in [-0.3, -0.25) is 0 Å². The van der Waals surface area contributed by atoms with E-state index in [2.05, 4.69) is 26.8 Å². The minimum Gasteiger partial charge on any atom is -0.383 e. The fraction of sp³-hybridized carbons (Fsp3) is 0.786. The minimum atomic E-state index is 0.766. The molecule has 1 aromatic heterocycles. The molecule has 0 atom stereocenters. The van der Waals surface area contributed by atoms with Crippen LogP contribution in [0.5, 0.6) is 0 Å². The summed E-state index contributed by atoms with van der Waals surface area (Å²) in [4.78, 5) is 6.58. The molecule has 1 rings (SSSR count). The van der Waals surface area contributed by atoms with Crippen molar-refractivity contribution in [2.75, 3.05) is 58.9 Å². The first-order valence-electron chi connectivity index (χ1n) is 7.28. The average molecular weight is 284 g/mol. The molecule has 1 aromatic rings. The lowest BCUT2D eigenvalue weighted by molar-refractivity contribution is 0.142. The molecule has 6 nitrogen and oxygen atoms in total. The van der Waals surface area contributed by atoms with Crippen molar-refractivity contribution < 1.29 is 9.47 Å². The number of rotatable bonds is 12. The Kier molecular flexibility index (Phi) is 9.02. The Labute approximate surface area is 122 Å². The molecule has 0 aromatic carbocycles. The Balaban J connectivity index is 2.21. The molecular formula is C14H28N4O2. The van der Waals surface area contributed by atoms with Crippen LogP contribution in [0, 0.1) is 0 Å². The SMILES string of the molecule is CCOCCCn1ccnc1NCCN(C)CCOC. The second-order valence-electron chi connectivity index (χ2n) is 4.72. The maximum atomic E-state index is 5.35. The molecule has 1 N–H and O–H groups in total. The number of ether oxygens (including phenoxy) is 2. The third kappa shape index (κ3) is 6.88. The van der Waals surface area contributed by atoms with Crippen molar-refractivity contribution in [1.29, 1.82) is 0 Å². The third-order valence-electron chi connectivity index (χ3n) is 3.06. The minimum absolute atomic E-state index is 0.766. The van der Waals surface area contributed by atoms with E-state index in [1.807, 2.05) is 19.3 Å². The molecule has 0 saturated heterocycles. The van der Waals surface area contributed by atoms with Gasteiger partial charge in [0, 0.05) is 58.9 Å². The van der Waals surface area contributed by atoms with Crippen molar-refractivity contribution in [3.05, 3.63) is 12.4 Å². The van der Waals surface area contributed by atoms with Crippen LogP contribution in [-0.2, 0) is 16.0 Å². The van der Waals surface area contributed by atoms with Gasteiger partial charge in [0.2, 0.25) is 5.95 Å². The van der Waals surface area contributed by atoms with E-state index in [1.54, 1.807) is 7.11 Å². The molecular weight excluding hydrogens is 256 g/mol. The molecule has 0 bridgehead atoms. The van der Waals surface area contributed by atoms with E-state index >= 15 is 0 Å². The van der Waals surface area contributed by atoms with E-state index in [1.165, 1.54) is 0 Å². The lowest BCUT2D eigenvalue weighted by Crippen LogP contribution is -2.28. The van der Waals surface area contributed by atoms with Gasteiger partial charge >= 0.3 is 0 Å². The number of nitrogens with one attached hydrogen (secondary N) is 1. The van der Waals surface area contributed by atoms with E-state index in [0.29, 0.717) is 0 Å². The topological polar surface area (TPSA) is 51.5 Å². The quantitative estimate of drug-likeness (QED) is 0.586. The average Bonchev–Trinajstić information content (AvgIpc) is 2.89. The van der Waals surface area contributed by atoms with Gasteiger partial charge in [-0.15, -0.1) is 0 Å². The molecule has 20 heavy (non-hydrogen) atoms. The van der Waals surface area contributed by atoms with Crippen LogP contribution in [0.3, 0.4) is 0 Å². The zero-order chi connectivity index (χ0) is 14.6. The van der Waals surface area contributed by atoms with Crippen LogP contribution >= 0.6 is 0 Å². The number of nitrogens with zero attached hydrogens (tertiary/aromatic N) is 3. The molecule has 0 aliphatic rings. The van der Waals surface area contributed by atoms with Gasteiger partial charge in [-0.05, 0) is 20.4 Å². The number of methoxy groups -OCH3 is 1. The summed E-state index contributed by atoms with van der Waals surface area (Å²) in [6, 6.07) is 0. The molecule has 6 heteroatoms. The summed E-state index contributed by atoms with van der Waals surface area (Å²) in [5.41, 5.74) is 0. The highest BCUT2D eigenvalue weighted by Crippen LogP contribution is 2.05. The molecule has 0 saturated carbocycles. The van der Waals surface area contributed by atoms with Gasteiger partial charge in [0.1, 0.15) is 0 Å². The first kappa shape index (κ1) is 16.9. The number of hydrogen-bond donors (Lipinski definition) is 1. The molecule has 116 valence electrons. The third-order valence-corrected chi connectivity index (χ3v) is 3.06. The van der Waals surface area contributed by atoms with Crippen molar-refractivity contribution in [2.24, 2.45) is 0 Å². The number of aryl methyl sites for hydroxylation is 1. The van der Waals surface area contributed by atoms with E-state index in [0.717, 1.165) is 58.4 Å². The number of hydrogen-bond acceptors (Lipinski definition) is 5. The van der Waals surface area contributed by atoms with Gasteiger partial charge in [0.05, 0.1) is 6.61 Å². The fourth-order valence-electron chi connectivity index (χ4n) is 1.86. The molecule has 0 radical (unpaired) electrons. The predicted molar refractivity (Wildman–Crippen MR) is 81.2 cm³/mol. The van der Waals surface area contributed by atoms with Gasteiger partial charge in [0.15, 0.2) is 0 Å². The zero-order valence-corrected chi connectivity index (χ0v) is 13.0. The van der Waals surface area contributed by atoms with Crippen molar-refractivity contribution in [2.45, 2.75) is 19.9 Å². The number of imidazole rings is 1. The summed E-state index contributed by atoms with van der Waals surface area (Å²) in [6.07, 6.45) is 4.84. The van der Waals surface area contributed by atoms with Crippen LogP contribution in [0.25, 0.3) is 0 Å². The Bertz CT molecular complexity index is 344. The summed E-state index contributed by atoms with van der Waals surface area (Å²) in [5.74, 6) is 0.932. The van der Waals surface area contributed by atoms with Crippen LogP contribution in [0.1, 0.15) is 13.3 Å². The molecule has 0 aliphatic heterocycles. The Morgan fingerprint density at radius 3 is 2.95 bits per heavy atom. The summed E-state index contributed by atoms with van der Waals surface area (Å²) in [6.45, 7) is 8.09. The Hall–Kier alpha value is -1.11. The van der Waals surface area contributed by atoms with Crippen molar-refractivity contribution in [1.82, 2.24) is 14.5 Å². The van der Waals surface area contributed by atoms with Crippen LogP contribution < -0.4 is 5.32 Å². The fourth-order valence-corrected chi connectivity index (χ4v) is 1.86. The number of anilines is 1. The van der Waals surface area contributed by atoms with Gasteiger partial charge < -0.3 is 24.3 Å². The van der Waals surface area contributed by atoms with Crippen molar-refractivity contribution in [3.8, 4) is 0 Å². The van der Waals surface area contributed by atoms with Gasteiger partial charge in [0.25, 0.3) is 0 Å². The maximum absolute atomic E-state index is 5.35. The standard InChI is InChI=1S/C14H28N4O2/c1-4-20-12-5-8-18-10-7-16-14(18)15-6-9-17(2)11-13-19-3/h7,10H,4-6,8-9,11-13H2,1-3H3,(H,15,16). The van der Waals surface area contributed by atoms with Crippen LogP contribution in [0.15, 0.2) is 12.4 Å². The van der Waals surface area contributed by atoms with Crippen LogP contribution in [0.4, 0.5) is 5.95 Å². The Morgan fingerprint density at radius 2 is 2.20 bits per heavy atom.